The maximum Gasteiger partial charge on any atom is 0.266 e. The van der Waals surface area contributed by atoms with Crippen molar-refractivity contribution in [1.82, 2.24) is 4.90 Å². The van der Waals surface area contributed by atoms with Gasteiger partial charge in [0.05, 0.1) is 9.38 Å². The first kappa shape index (κ1) is 16.0. The van der Waals surface area contributed by atoms with Gasteiger partial charge in [-0.2, -0.15) is 0 Å². The summed E-state index contributed by atoms with van der Waals surface area (Å²) in [5.41, 5.74) is 0.845. The summed E-state index contributed by atoms with van der Waals surface area (Å²) in [6.45, 7) is 1.34. The lowest BCUT2D eigenvalue weighted by Gasteiger charge is -2.29. The van der Waals surface area contributed by atoms with Gasteiger partial charge in [0, 0.05) is 19.3 Å². The van der Waals surface area contributed by atoms with E-state index in [2.05, 4.69) is 15.9 Å². The number of thioether (sulfide) groups is 1. The number of nitrogens with zero attached hydrogens (tertiary/aromatic N) is 1. The van der Waals surface area contributed by atoms with Gasteiger partial charge in [0.2, 0.25) is 0 Å². The Labute approximate surface area is 146 Å². The van der Waals surface area contributed by atoms with E-state index in [1.54, 1.807) is 23.1 Å². The predicted octanol–water partition coefficient (Wildman–Crippen LogP) is 3.53. The number of ether oxygens (including phenoxy) is 1. The van der Waals surface area contributed by atoms with Gasteiger partial charge in [-0.3, -0.25) is 9.69 Å². The SMILES string of the molecule is O=C1/C(=C/c2ccc(O)c(Br)c2)SC(=S)N1C1CCOCC1. The summed E-state index contributed by atoms with van der Waals surface area (Å²) >= 11 is 9.98. The standard InChI is InChI=1S/C15H14BrNO3S2/c16-11-7-9(1-2-12(11)18)8-13-14(19)17(15(21)22-13)10-3-5-20-6-4-10/h1-2,7-8,10,18H,3-6H2/b13-8-. The van der Waals surface area contributed by atoms with Crippen LogP contribution in [-0.4, -0.2) is 39.5 Å². The Hall–Kier alpha value is -0.890. The van der Waals surface area contributed by atoms with Gasteiger partial charge in [0.1, 0.15) is 10.1 Å². The van der Waals surface area contributed by atoms with Gasteiger partial charge in [0.25, 0.3) is 5.91 Å². The number of halogens is 1. The molecular weight excluding hydrogens is 386 g/mol. The Morgan fingerprint density at radius 1 is 1.41 bits per heavy atom. The van der Waals surface area contributed by atoms with E-state index in [1.807, 2.05) is 6.08 Å². The van der Waals surface area contributed by atoms with Crippen LogP contribution >= 0.6 is 39.9 Å². The van der Waals surface area contributed by atoms with E-state index < -0.39 is 0 Å². The fraction of sp³-hybridized carbons (Fsp3) is 0.333. The summed E-state index contributed by atoms with van der Waals surface area (Å²) in [5.74, 6) is 0.137. The molecule has 22 heavy (non-hydrogen) atoms. The summed E-state index contributed by atoms with van der Waals surface area (Å²) in [4.78, 5) is 15.0. The number of hydrogen-bond acceptors (Lipinski definition) is 5. The Kier molecular flexibility index (Phi) is 4.87. The van der Waals surface area contributed by atoms with Crippen LogP contribution in [0, 0.1) is 0 Å². The number of aromatic hydroxyl groups is 1. The summed E-state index contributed by atoms with van der Waals surface area (Å²) in [6, 6.07) is 5.27. The van der Waals surface area contributed by atoms with E-state index in [0.29, 0.717) is 26.9 Å². The fourth-order valence-electron chi connectivity index (χ4n) is 2.50. The molecule has 0 bridgehead atoms. The van der Waals surface area contributed by atoms with Crippen molar-refractivity contribution in [1.29, 1.82) is 0 Å². The Morgan fingerprint density at radius 2 is 2.14 bits per heavy atom. The van der Waals surface area contributed by atoms with Crippen LogP contribution in [-0.2, 0) is 9.53 Å². The van der Waals surface area contributed by atoms with Crippen LogP contribution < -0.4 is 0 Å². The average Bonchev–Trinajstić information content (AvgIpc) is 2.78. The second-order valence-corrected chi connectivity index (χ2v) is 7.64. The molecule has 0 aromatic heterocycles. The average molecular weight is 400 g/mol. The predicted molar refractivity (Wildman–Crippen MR) is 94.7 cm³/mol. The monoisotopic (exact) mass is 399 g/mol. The van der Waals surface area contributed by atoms with E-state index >= 15 is 0 Å². The minimum absolute atomic E-state index is 0.0360. The van der Waals surface area contributed by atoms with Gasteiger partial charge in [-0.25, -0.2) is 0 Å². The molecule has 116 valence electrons. The zero-order valence-electron chi connectivity index (χ0n) is 11.6. The number of rotatable bonds is 2. The zero-order chi connectivity index (χ0) is 15.7. The van der Waals surface area contributed by atoms with Gasteiger partial charge < -0.3 is 9.84 Å². The van der Waals surface area contributed by atoms with E-state index in [1.165, 1.54) is 11.8 Å². The molecule has 2 aliphatic heterocycles. The molecule has 4 nitrogen and oxygen atoms in total. The molecule has 2 fully saturated rings. The van der Waals surface area contributed by atoms with E-state index in [9.17, 15) is 9.90 Å². The molecule has 0 spiro atoms. The molecule has 0 saturated carbocycles. The van der Waals surface area contributed by atoms with Gasteiger partial charge in [-0.1, -0.05) is 30.0 Å². The molecule has 1 amide bonds. The summed E-state index contributed by atoms with van der Waals surface area (Å²) < 4.78 is 6.56. The minimum Gasteiger partial charge on any atom is -0.507 e. The third kappa shape index (κ3) is 3.22. The van der Waals surface area contributed by atoms with Crippen molar-refractivity contribution in [3.63, 3.8) is 0 Å². The van der Waals surface area contributed by atoms with Crippen LogP contribution in [0.2, 0.25) is 0 Å². The smallest absolute Gasteiger partial charge is 0.266 e. The third-order valence-corrected chi connectivity index (χ3v) is 5.61. The summed E-state index contributed by atoms with van der Waals surface area (Å²) in [6.07, 6.45) is 3.46. The molecule has 0 radical (unpaired) electrons. The topological polar surface area (TPSA) is 49.8 Å². The maximum atomic E-state index is 12.6. The molecule has 2 saturated heterocycles. The maximum absolute atomic E-state index is 12.6. The van der Waals surface area contributed by atoms with Crippen molar-refractivity contribution >= 4 is 56.2 Å². The van der Waals surface area contributed by atoms with Crippen LogP contribution in [0.15, 0.2) is 27.6 Å². The Morgan fingerprint density at radius 3 is 2.82 bits per heavy atom. The molecule has 2 heterocycles. The molecule has 0 unspecified atom stereocenters. The largest absolute Gasteiger partial charge is 0.507 e. The highest BCUT2D eigenvalue weighted by atomic mass is 79.9. The van der Waals surface area contributed by atoms with Crippen LogP contribution in [0.1, 0.15) is 18.4 Å². The molecule has 0 atom stereocenters. The number of benzene rings is 1. The van der Waals surface area contributed by atoms with Crippen molar-refractivity contribution in [3.05, 3.63) is 33.1 Å². The van der Waals surface area contributed by atoms with E-state index in [-0.39, 0.29) is 17.7 Å². The molecule has 1 N–H and O–H groups in total. The second kappa shape index (κ2) is 6.70. The number of amides is 1. The first-order valence-corrected chi connectivity index (χ1v) is 8.91. The van der Waals surface area contributed by atoms with Gasteiger partial charge in [0.15, 0.2) is 0 Å². The highest BCUT2D eigenvalue weighted by molar-refractivity contribution is 9.10. The third-order valence-electron chi connectivity index (χ3n) is 3.65. The van der Waals surface area contributed by atoms with E-state index in [4.69, 9.17) is 17.0 Å². The van der Waals surface area contributed by atoms with Crippen molar-refractivity contribution in [3.8, 4) is 5.75 Å². The number of phenolic OH excluding ortho intramolecular Hbond substituents is 1. The normalized spacial score (nSPS) is 21.9. The molecule has 2 aliphatic rings. The zero-order valence-corrected chi connectivity index (χ0v) is 14.8. The minimum atomic E-state index is -0.0360. The van der Waals surface area contributed by atoms with Crippen molar-refractivity contribution in [2.75, 3.05) is 13.2 Å². The molecule has 1 aromatic rings. The highest BCUT2D eigenvalue weighted by Crippen LogP contribution is 2.36. The lowest BCUT2D eigenvalue weighted by molar-refractivity contribution is -0.124. The number of thiocarbonyl (C=S) groups is 1. The quantitative estimate of drug-likeness (QED) is 0.608. The molecule has 7 heteroatoms. The number of carbonyl (C=O) groups excluding carboxylic acids is 1. The van der Waals surface area contributed by atoms with Gasteiger partial charge in [-0.15, -0.1) is 0 Å². The Balaban J connectivity index is 1.83. The first-order chi connectivity index (χ1) is 10.6. The lowest BCUT2D eigenvalue weighted by atomic mass is 10.1. The van der Waals surface area contributed by atoms with Crippen molar-refractivity contribution in [2.45, 2.75) is 18.9 Å². The highest BCUT2D eigenvalue weighted by Gasteiger charge is 2.37. The van der Waals surface area contributed by atoms with Gasteiger partial charge in [-0.05, 0) is 52.5 Å². The summed E-state index contributed by atoms with van der Waals surface area (Å²) in [5, 5.41) is 9.53. The number of carbonyl (C=O) groups is 1. The van der Waals surface area contributed by atoms with Crippen LogP contribution in [0.5, 0.6) is 5.75 Å². The van der Waals surface area contributed by atoms with Crippen molar-refractivity contribution in [2.24, 2.45) is 0 Å². The lowest BCUT2D eigenvalue weighted by Crippen LogP contribution is -2.42. The van der Waals surface area contributed by atoms with Crippen LogP contribution in [0.4, 0.5) is 0 Å². The van der Waals surface area contributed by atoms with E-state index in [0.717, 1.165) is 18.4 Å². The molecule has 1 aromatic carbocycles. The molecule has 0 aliphatic carbocycles. The van der Waals surface area contributed by atoms with Crippen LogP contribution in [0.3, 0.4) is 0 Å². The van der Waals surface area contributed by atoms with Crippen LogP contribution in [0.25, 0.3) is 6.08 Å². The fourth-order valence-corrected chi connectivity index (χ4v) is 4.30. The number of phenols is 1. The second-order valence-electron chi connectivity index (χ2n) is 5.11. The Bertz CT molecular complexity index is 656. The molecule has 3 rings (SSSR count). The first-order valence-electron chi connectivity index (χ1n) is 6.89. The van der Waals surface area contributed by atoms with Crippen molar-refractivity contribution < 1.29 is 14.6 Å². The molecular formula is C15H14BrNO3S2. The van der Waals surface area contributed by atoms with Gasteiger partial charge >= 0.3 is 0 Å². The number of hydrogen-bond donors (Lipinski definition) is 1. The summed E-state index contributed by atoms with van der Waals surface area (Å²) in [7, 11) is 0.